The van der Waals surface area contributed by atoms with Gasteiger partial charge in [0.1, 0.15) is 17.3 Å². The van der Waals surface area contributed by atoms with Crippen molar-refractivity contribution in [3.63, 3.8) is 0 Å². The van der Waals surface area contributed by atoms with E-state index in [1.165, 1.54) is 0 Å². The summed E-state index contributed by atoms with van der Waals surface area (Å²) < 4.78 is 8.92. The maximum absolute atomic E-state index is 12.6. The molecule has 1 aromatic carbocycles. The number of aromatic nitrogens is 2. The monoisotopic (exact) mass is 451 g/mol. The smallest absolute Gasteiger partial charge is 0.261 e. The van der Waals surface area contributed by atoms with Crippen LogP contribution in [0.2, 0.25) is 0 Å². The summed E-state index contributed by atoms with van der Waals surface area (Å²) in [7, 11) is 0. The zero-order chi connectivity index (χ0) is 17.3. The molecular weight excluding hydrogens is 438 g/mol. The zero-order valence-corrected chi connectivity index (χ0v) is 16.3. The van der Waals surface area contributed by atoms with Crippen molar-refractivity contribution in [1.82, 2.24) is 9.78 Å². The van der Waals surface area contributed by atoms with Crippen LogP contribution in [0.5, 0.6) is 0 Å². The minimum absolute atomic E-state index is 0.229. The van der Waals surface area contributed by atoms with E-state index in [1.807, 2.05) is 31.2 Å². The predicted octanol–water partition coefficient (Wildman–Crippen LogP) is 4.92. The van der Waals surface area contributed by atoms with E-state index in [0.29, 0.717) is 33.9 Å². The first-order chi connectivity index (χ1) is 11.5. The van der Waals surface area contributed by atoms with E-state index in [2.05, 4.69) is 42.3 Å². The fourth-order valence-corrected chi connectivity index (χ4v) is 3.45. The van der Waals surface area contributed by atoms with Crippen molar-refractivity contribution in [1.29, 1.82) is 0 Å². The molecule has 5 nitrogen and oxygen atoms in total. The molecule has 0 spiro atoms. The molecule has 3 aromatic rings. The fraction of sp³-hybridized carbons (Fsp3) is 0.176. The third-order valence-corrected chi connectivity index (χ3v) is 5.04. The Morgan fingerprint density at radius 3 is 2.71 bits per heavy atom. The van der Waals surface area contributed by atoms with E-state index >= 15 is 0 Å². The second-order valence-corrected chi connectivity index (χ2v) is 7.07. The lowest BCUT2D eigenvalue weighted by Gasteiger charge is -2.09. The molecule has 0 aliphatic carbocycles. The van der Waals surface area contributed by atoms with Crippen molar-refractivity contribution < 1.29 is 9.21 Å². The molecule has 3 rings (SSSR count). The average Bonchev–Trinajstić information content (AvgIpc) is 3.04. The molecule has 0 aliphatic heterocycles. The van der Waals surface area contributed by atoms with Gasteiger partial charge in [-0.3, -0.25) is 4.79 Å². The number of hydrogen-bond acceptors (Lipinski definition) is 3. The van der Waals surface area contributed by atoms with Gasteiger partial charge in [-0.15, -0.1) is 0 Å². The quantitative estimate of drug-likeness (QED) is 0.611. The topological polar surface area (TPSA) is 60.1 Å². The molecule has 1 N–H and O–H groups in total. The maximum Gasteiger partial charge on any atom is 0.261 e. The lowest BCUT2D eigenvalue weighted by molar-refractivity contribution is 0.102. The van der Waals surface area contributed by atoms with Crippen LogP contribution in [0.25, 0.3) is 0 Å². The Balaban J connectivity index is 1.82. The van der Waals surface area contributed by atoms with Crippen LogP contribution in [0, 0.1) is 13.8 Å². The Morgan fingerprint density at radius 2 is 2.04 bits per heavy atom. The third-order valence-electron chi connectivity index (χ3n) is 3.59. The number of benzene rings is 1. The van der Waals surface area contributed by atoms with Crippen LogP contribution in [0.1, 0.15) is 27.4 Å². The van der Waals surface area contributed by atoms with Crippen molar-refractivity contribution in [3.05, 3.63) is 68.1 Å². The molecule has 0 aliphatic rings. The van der Waals surface area contributed by atoms with Crippen LogP contribution in [0.15, 0.2) is 49.9 Å². The number of carbonyl (C=O) groups is 1. The molecule has 0 unspecified atom stereocenters. The molecule has 0 saturated carbocycles. The maximum atomic E-state index is 12.6. The summed E-state index contributed by atoms with van der Waals surface area (Å²) in [5.41, 5.74) is 1.59. The molecule has 0 saturated heterocycles. The number of anilines is 1. The molecule has 7 heteroatoms. The first-order valence-corrected chi connectivity index (χ1v) is 8.87. The van der Waals surface area contributed by atoms with Crippen LogP contribution < -0.4 is 5.32 Å². The number of halogens is 2. The number of nitrogens with one attached hydrogen (secondary N) is 1. The summed E-state index contributed by atoms with van der Waals surface area (Å²) in [6, 6.07) is 9.74. The summed E-state index contributed by atoms with van der Waals surface area (Å²) >= 11 is 6.86. The number of amides is 1. The minimum Gasteiger partial charge on any atom is -0.465 e. The summed E-state index contributed by atoms with van der Waals surface area (Å²) in [5, 5.41) is 7.19. The van der Waals surface area contributed by atoms with Gasteiger partial charge in [-0.1, -0.05) is 28.1 Å². The second kappa shape index (κ2) is 6.94. The molecule has 0 radical (unpaired) electrons. The van der Waals surface area contributed by atoms with Gasteiger partial charge in [0.15, 0.2) is 0 Å². The number of furan rings is 1. The second-order valence-electron chi connectivity index (χ2n) is 5.36. The number of nitrogens with zero attached hydrogens (tertiary/aromatic N) is 2. The molecule has 0 fully saturated rings. The zero-order valence-electron chi connectivity index (χ0n) is 13.1. The van der Waals surface area contributed by atoms with Gasteiger partial charge in [-0.25, -0.2) is 4.68 Å². The number of aryl methyl sites for hydroxylation is 2. The Morgan fingerprint density at radius 1 is 1.25 bits per heavy atom. The average molecular weight is 453 g/mol. The molecule has 2 aromatic heterocycles. The van der Waals surface area contributed by atoms with Crippen LogP contribution in [-0.2, 0) is 6.54 Å². The molecule has 0 bridgehead atoms. The highest BCUT2D eigenvalue weighted by molar-refractivity contribution is 9.10. The first-order valence-electron chi connectivity index (χ1n) is 7.29. The van der Waals surface area contributed by atoms with Gasteiger partial charge in [0, 0.05) is 10.5 Å². The van der Waals surface area contributed by atoms with Gasteiger partial charge in [-0.05, 0) is 47.5 Å². The predicted molar refractivity (Wildman–Crippen MR) is 99.3 cm³/mol. The van der Waals surface area contributed by atoms with Gasteiger partial charge < -0.3 is 9.73 Å². The van der Waals surface area contributed by atoms with Gasteiger partial charge >= 0.3 is 0 Å². The molecule has 0 atom stereocenters. The Bertz CT molecular complexity index is 899. The molecule has 2 heterocycles. The Kier molecular flexibility index (Phi) is 4.91. The summed E-state index contributed by atoms with van der Waals surface area (Å²) in [5.74, 6) is 1.66. The van der Waals surface area contributed by atoms with Gasteiger partial charge in [0.25, 0.3) is 5.91 Å². The molecule has 24 heavy (non-hydrogen) atoms. The largest absolute Gasteiger partial charge is 0.465 e. The highest BCUT2D eigenvalue weighted by Crippen LogP contribution is 2.28. The van der Waals surface area contributed by atoms with Gasteiger partial charge in [0.05, 0.1) is 22.8 Å². The molecular formula is C17H15Br2N3O2. The molecule has 124 valence electrons. The van der Waals surface area contributed by atoms with Crippen molar-refractivity contribution in [2.75, 3.05) is 5.32 Å². The normalized spacial score (nSPS) is 10.8. The molecule has 1 amide bonds. The highest BCUT2D eigenvalue weighted by atomic mass is 79.9. The van der Waals surface area contributed by atoms with E-state index in [-0.39, 0.29) is 5.91 Å². The van der Waals surface area contributed by atoms with Gasteiger partial charge in [-0.2, -0.15) is 5.10 Å². The highest BCUT2D eigenvalue weighted by Gasteiger charge is 2.20. The van der Waals surface area contributed by atoms with Gasteiger partial charge in [0.2, 0.25) is 0 Å². The number of hydrogen-bond donors (Lipinski definition) is 1. The lowest BCUT2D eigenvalue weighted by atomic mass is 10.2. The van der Waals surface area contributed by atoms with Crippen LogP contribution in [-0.4, -0.2) is 15.7 Å². The van der Waals surface area contributed by atoms with E-state index in [1.54, 1.807) is 23.9 Å². The van der Waals surface area contributed by atoms with Crippen molar-refractivity contribution >= 4 is 43.6 Å². The Hall–Kier alpha value is -1.86. The van der Waals surface area contributed by atoms with E-state index in [0.717, 1.165) is 10.0 Å². The van der Waals surface area contributed by atoms with Crippen molar-refractivity contribution in [2.24, 2.45) is 0 Å². The van der Waals surface area contributed by atoms with Crippen LogP contribution >= 0.6 is 31.9 Å². The lowest BCUT2D eigenvalue weighted by Crippen LogP contribution is -2.17. The summed E-state index contributed by atoms with van der Waals surface area (Å²) in [4.78, 5) is 12.6. The van der Waals surface area contributed by atoms with Crippen LogP contribution in [0.3, 0.4) is 0 Å². The van der Waals surface area contributed by atoms with E-state index in [9.17, 15) is 4.79 Å². The van der Waals surface area contributed by atoms with Crippen molar-refractivity contribution in [2.45, 2.75) is 20.4 Å². The van der Waals surface area contributed by atoms with Crippen molar-refractivity contribution in [3.8, 4) is 0 Å². The van der Waals surface area contributed by atoms with E-state index < -0.39 is 0 Å². The third kappa shape index (κ3) is 3.47. The standard InChI is InChI=1S/C17H15Br2N3O2/c1-10-15(16(19)11(2)24-10)17(23)21-14-6-7-20-22(14)9-12-4-3-5-13(18)8-12/h3-8H,9H2,1-2H3,(H,21,23). The summed E-state index contributed by atoms with van der Waals surface area (Å²) in [6.45, 7) is 4.14. The number of rotatable bonds is 4. The fourth-order valence-electron chi connectivity index (χ4n) is 2.47. The number of carbonyl (C=O) groups excluding carboxylic acids is 1. The van der Waals surface area contributed by atoms with Crippen LogP contribution in [0.4, 0.5) is 5.82 Å². The first kappa shape index (κ1) is 17.0. The summed E-state index contributed by atoms with van der Waals surface area (Å²) in [6.07, 6.45) is 1.66. The Labute approximate surface area is 156 Å². The minimum atomic E-state index is -0.229. The van der Waals surface area contributed by atoms with E-state index in [4.69, 9.17) is 4.42 Å². The SMILES string of the molecule is Cc1oc(C)c(C(=O)Nc2ccnn2Cc2cccc(Br)c2)c1Br.